The average Bonchev–Trinajstić information content (AvgIpc) is 2.26. The first-order valence-corrected chi connectivity index (χ1v) is 8.14. The second-order valence-electron chi connectivity index (χ2n) is 4.07. The molecule has 1 aromatic rings. The summed E-state index contributed by atoms with van der Waals surface area (Å²) in [5.41, 5.74) is 1.18. The summed E-state index contributed by atoms with van der Waals surface area (Å²) in [7, 11) is 0. The van der Waals surface area contributed by atoms with Crippen molar-refractivity contribution in [2.45, 2.75) is 31.1 Å². The van der Waals surface area contributed by atoms with Crippen molar-refractivity contribution in [2.75, 3.05) is 11.1 Å². The molecular formula is C12H15Br2NS. The van der Waals surface area contributed by atoms with Crippen LogP contribution in [0.2, 0.25) is 0 Å². The van der Waals surface area contributed by atoms with E-state index in [0.29, 0.717) is 11.3 Å². The maximum atomic E-state index is 3.65. The number of hydrogen-bond donors (Lipinski definition) is 1. The molecule has 0 aliphatic carbocycles. The zero-order valence-corrected chi connectivity index (χ0v) is 13.2. The third kappa shape index (κ3) is 2.96. The van der Waals surface area contributed by atoms with E-state index in [1.807, 2.05) is 6.07 Å². The Hall–Kier alpha value is 0.330. The molecule has 1 heterocycles. The Labute approximate surface area is 118 Å². The van der Waals surface area contributed by atoms with E-state index >= 15 is 0 Å². The summed E-state index contributed by atoms with van der Waals surface area (Å²) in [6, 6.07) is 6.77. The van der Waals surface area contributed by atoms with Gasteiger partial charge in [-0.3, -0.25) is 0 Å². The lowest BCUT2D eigenvalue weighted by atomic mass is 10.1. The molecule has 1 fully saturated rings. The molecule has 1 saturated heterocycles. The summed E-state index contributed by atoms with van der Waals surface area (Å²) >= 11 is 9.25. The highest BCUT2D eigenvalue weighted by Crippen LogP contribution is 2.34. The fourth-order valence-corrected chi connectivity index (χ4v) is 4.30. The van der Waals surface area contributed by atoms with Crippen LogP contribution < -0.4 is 5.32 Å². The van der Waals surface area contributed by atoms with Gasteiger partial charge in [0.15, 0.2) is 0 Å². The fourth-order valence-electron chi connectivity index (χ4n) is 1.93. The number of thioether (sulfide) groups is 1. The van der Waals surface area contributed by atoms with Gasteiger partial charge in [0.05, 0.1) is 5.69 Å². The van der Waals surface area contributed by atoms with Crippen molar-refractivity contribution in [1.29, 1.82) is 0 Å². The number of anilines is 1. The average molecular weight is 365 g/mol. The maximum Gasteiger partial charge on any atom is 0.0631 e. The van der Waals surface area contributed by atoms with Crippen LogP contribution in [0.3, 0.4) is 0 Å². The van der Waals surface area contributed by atoms with Gasteiger partial charge in [0, 0.05) is 20.2 Å². The van der Waals surface area contributed by atoms with Crippen LogP contribution in [-0.4, -0.2) is 17.0 Å². The van der Waals surface area contributed by atoms with Crippen molar-refractivity contribution in [2.24, 2.45) is 0 Å². The Kier molecular flexibility index (Phi) is 4.62. The summed E-state index contributed by atoms with van der Waals surface area (Å²) in [5.74, 6) is 1.30. The molecule has 0 amide bonds. The van der Waals surface area contributed by atoms with Gasteiger partial charge in [-0.1, -0.05) is 13.0 Å². The normalized spacial score (nSPS) is 25.4. The summed E-state index contributed by atoms with van der Waals surface area (Å²) in [6.45, 7) is 2.31. The van der Waals surface area contributed by atoms with Crippen molar-refractivity contribution in [1.82, 2.24) is 0 Å². The van der Waals surface area contributed by atoms with Gasteiger partial charge in [-0.2, -0.15) is 11.8 Å². The Morgan fingerprint density at radius 1 is 1.31 bits per heavy atom. The third-order valence-corrected chi connectivity index (χ3v) is 5.60. The van der Waals surface area contributed by atoms with Gasteiger partial charge >= 0.3 is 0 Å². The van der Waals surface area contributed by atoms with Gasteiger partial charge in [-0.15, -0.1) is 0 Å². The van der Waals surface area contributed by atoms with Crippen LogP contribution in [0.1, 0.15) is 19.8 Å². The van der Waals surface area contributed by atoms with Crippen molar-refractivity contribution in [3.63, 3.8) is 0 Å². The number of benzene rings is 1. The second kappa shape index (κ2) is 5.78. The summed E-state index contributed by atoms with van der Waals surface area (Å²) in [4.78, 5) is 0. The van der Waals surface area contributed by atoms with E-state index in [1.54, 1.807) is 0 Å². The number of halogens is 2. The van der Waals surface area contributed by atoms with Crippen LogP contribution in [0.5, 0.6) is 0 Å². The number of nitrogens with one attached hydrogen (secondary N) is 1. The van der Waals surface area contributed by atoms with Gasteiger partial charge < -0.3 is 5.32 Å². The highest BCUT2D eigenvalue weighted by atomic mass is 79.9. The van der Waals surface area contributed by atoms with E-state index in [-0.39, 0.29) is 0 Å². The molecule has 16 heavy (non-hydrogen) atoms. The van der Waals surface area contributed by atoms with Crippen LogP contribution in [-0.2, 0) is 0 Å². The molecule has 1 aliphatic rings. The molecule has 4 heteroatoms. The number of rotatable bonds is 2. The fraction of sp³-hybridized carbons (Fsp3) is 0.500. The first kappa shape index (κ1) is 12.8. The Bertz CT molecular complexity index is 350. The van der Waals surface area contributed by atoms with Crippen molar-refractivity contribution < 1.29 is 0 Å². The molecule has 0 radical (unpaired) electrons. The predicted molar refractivity (Wildman–Crippen MR) is 80.4 cm³/mol. The number of hydrogen-bond acceptors (Lipinski definition) is 2. The van der Waals surface area contributed by atoms with Crippen LogP contribution in [0.4, 0.5) is 5.69 Å². The smallest absolute Gasteiger partial charge is 0.0631 e. The van der Waals surface area contributed by atoms with Crippen molar-refractivity contribution in [3.05, 3.63) is 27.1 Å². The zero-order valence-electron chi connectivity index (χ0n) is 9.17. The molecular weight excluding hydrogens is 350 g/mol. The summed E-state index contributed by atoms with van der Waals surface area (Å²) in [6.07, 6.45) is 2.58. The molecule has 0 spiro atoms. The first-order chi connectivity index (χ1) is 7.68. The minimum atomic E-state index is 0.578. The lowest BCUT2D eigenvalue weighted by Gasteiger charge is -2.30. The Morgan fingerprint density at radius 3 is 2.62 bits per heavy atom. The van der Waals surface area contributed by atoms with E-state index in [4.69, 9.17) is 0 Å². The Balaban J connectivity index is 2.13. The molecule has 0 saturated carbocycles. The standard InChI is InChI=1S/C12H15Br2NS/c1-8-11(6-3-7-16-8)15-12-9(13)4-2-5-10(12)14/h2,4-5,8,11,15H,3,6-7H2,1H3. The van der Waals surface area contributed by atoms with Crippen LogP contribution in [0.25, 0.3) is 0 Å². The highest BCUT2D eigenvalue weighted by molar-refractivity contribution is 9.11. The van der Waals surface area contributed by atoms with E-state index in [0.717, 1.165) is 8.95 Å². The SMILES string of the molecule is CC1SCCCC1Nc1c(Br)cccc1Br. The van der Waals surface area contributed by atoms with Gasteiger partial charge in [0.2, 0.25) is 0 Å². The van der Waals surface area contributed by atoms with Crippen LogP contribution in [0.15, 0.2) is 27.1 Å². The molecule has 2 unspecified atom stereocenters. The van der Waals surface area contributed by atoms with Gasteiger partial charge in [-0.05, 0) is 62.6 Å². The minimum Gasteiger partial charge on any atom is -0.379 e. The second-order valence-corrected chi connectivity index (χ2v) is 7.26. The van der Waals surface area contributed by atoms with E-state index in [2.05, 4.69) is 68.0 Å². The molecule has 2 atom stereocenters. The molecule has 0 aromatic heterocycles. The van der Waals surface area contributed by atoms with Gasteiger partial charge in [-0.25, -0.2) is 0 Å². The molecule has 2 rings (SSSR count). The quantitative estimate of drug-likeness (QED) is 0.800. The third-order valence-electron chi connectivity index (χ3n) is 2.90. The van der Waals surface area contributed by atoms with Crippen molar-refractivity contribution >= 4 is 49.3 Å². The molecule has 1 aromatic carbocycles. The summed E-state index contributed by atoms with van der Waals surface area (Å²) < 4.78 is 2.26. The van der Waals surface area contributed by atoms with E-state index < -0.39 is 0 Å². The lowest BCUT2D eigenvalue weighted by Crippen LogP contribution is -2.33. The topological polar surface area (TPSA) is 12.0 Å². The van der Waals surface area contributed by atoms with Gasteiger partial charge in [0.25, 0.3) is 0 Å². The molecule has 1 nitrogen and oxygen atoms in total. The van der Waals surface area contributed by atoms with Gasteiger partial charge in [0.1, 0.15) is 0 Å². The van der Waals surface area contributed by atoms with E-state index in [9.17, 15) is 0 Å². The molecule has 1 N–H and O–H groups in total. The number of para-hydroxylation sites is 1. The molecule has 1 aliphatic heterocycles. The largest absolute Gasteiger partial charge is 0.379 e. The van der Waals surface area contributed by atoms with Crippen LogP contribution in [0, 0.1) is 0 Å². The predicted octanol–water partition coefficient (Wildman–Crippen LogP) is 4.91. The first-order valence-electron chi connectivity index (χ1n) is 5.50. The summed E-state index contributed by atoms with van der Waals surface area (Å²) in [5, 5.41) is 4.34. The maximum absolute atomic E-state index is 3.65. The van der Waals surface area contributed by atoms with Crippen LogP contribution >= 0.6 is 43.6 Å². The minimum absolute atomic E-state index is 0.578. The lowest BCUT2D eigenvalue weighted by molar-refractivity contribution is 0.617. The highest BCUT2D eigenvalue weighted by Gasteiger charge is 2.22. The monoisotopic (exact) mass is 363 g/mol. The van der Waals surface area contributed by atoms with E-state index in [1.165, 1.54) is 24.3 Å². The van der Waals surface area contributed by atoms with Crippen molar-refractivity contribution in [3.8, 4) is 0 Å². The molecule has 0 bridgehead atoms. The molecule has 88 valence electrons. The zero-order chi connectivity index (χ0) is 11.5. The Morgan fingerprint density at radius 2 is 2.00 bits per heavy atom.